The standard InChI is InChI=1S/C6H13N.2BrH/c1-7-5-3-2-4-6-7;;/h2-6H2,1H3;2*1H. The number of hydrogen-bond acceptors (Lipinski definition) is 1. The van der Waals surface area contributed by atoms with E-state index in [-0.39, 0.29) is 34.0 Å². The molecule has 1 nitrogen and oxygen atoms in total. The van der Waals surface area contributed by atoms with E-state index in [9.17, 15) is 0 Å². The van der Waals surface area contributed by atoms with E-state index in [0.717, 1.165) is 0 Å². The summed E-state index contributed by atoms with van der Waals surface area (Å²) < 4.78 is 0. The van der Waals surface area contributed by atoms with E-state index in [1.54, 1.807) is 0 Å². The second-order valence-electron chi connectivity index (χ2n) is 2.36. The number of piperidine rings is 1. The van der Waals surface area contributed by atoms with E-state index in [4.69, 9.17) is 0 Å². The van der Waals surface area contributed by atoms with Crippen molar-refractivity contribution in [3.63, 3.8) is 0 Å². The minimum absolute atomic E-state index is 0. The number of halogens is 2. The van der Waals surface area contributed by atoms with E-state index >= 15 is 0 Å². The predicted molar refractivity (Wildman–Crippen MR) is 52.0 cm³/mol. The molecule has 0 atom stereocenters. The summed E-state index contributed by atoms with van der Waals surface area (Å²) in [7, 11) is 2.19. The molecule has 0 radical (unpaired) electrons. The molecule has 0 unspecified atom stereocenters. The van der Waals surface area contributed by atoms with Crippen LogP contribution in [0.15, 0.2) is 0 Å². The average Bonchev–Trinajstić information content (AvgIpc) is 1.69. The smallest absolute Gasteiger partial charge is 0.00218 e. The largest absolute Gasteiger partial charge is 0.306 e. The van der Waals surface area contributed by atoms with Gasteiger partial charge < -0.3 is 4.90 Å². The van der Waals surface area contributed by atoms with Crippen LogP contribution in [0.3, 0.4) is 0 Å². The van der Waals surface area contributed by atoms with Gasteiger partial charge in [0.15, 0.2) is 0 Å². The molecule has 0 aromatic heterocycles. The van der Waals surface area contributed by atoms with Gasteiger partial charge in [-0.15, -0.1) is 34.0 Å². The number of hydrogen-bond donors (Lipinski definition) is 0. The van der Waals surface area contributed by atoms with Crippen molar-refractivity contribution in [2.45, 2.75) is 19.3 Å². The summed E-state index contributed by atoms with van der Waals surface area (Å²) in [5.41, 5.74) is 0. The SMILES string of the molecule is Br.Br.CN1CCCCC1. The first kappa shape index (κ1) is 12.6. The second kappa shape index (κ2) is 7.03. The Morgan fingerprint density at radius 1 is 0.889 bits per heavy atom. The van der Waals surface area contributed by atoms with Gasteiger partial charge in [-0.3, -0.25) is 0 Å². The summed E-state index contributed by atoms with van der Waals surface area (Å²) in [6, 6.07) is 0. The third-order valence-electron chi connectivity index (χ3n) is 1.58. The highest BCUT2D eigenvalue weighted by Gasteiger charge is 2.02. The summed E-state index contributed by atoms with van der Waals surface area (Å²) in [4.78, 5) is 2.39. The van der Waals surface area contributed by atoms with Crippen molar-refractivity contribution in [2.75, 3.05) is 20.1 Å². The Labute approximate surface area is 78.3 Å². The van der Waals surface area contributed by atoms with Gasteiger partial charge in [-0.05, 0) is 33.0 Å². The van der Waals surface area contributed by atoms with Crippen molar-refractivity contribution in [1.29, 1.82) is 0 Å². The number of rotatable bonds is 0. The van der Waals surface area contributed by atoms with Crippen molar-refractivity contribution in [3.8, 4) is 0 Å². The van der Waals surface area contributed by atoms with E-state index in [2.05, 4.69) is 11.9 Å². The molecule has 1 aliphatic heterocycles. The van der Waals surface area contributed by atoms with Gasteiger partial charge in [0.25, 0.3) is 0 Å². The zero-order chi connectivity index (χ0) is 5.11. The zero-order valence-electron chi connectivity index (χ0n) is 5.80. The van der Waals surface area contributed by atoms with Crippen LogP contribution in [-0.4, -0.2) is 25.0 Å². The Morgan fingerprint density at radius 3 is 1.56 bits per heavy atom. The lowest BCUT2D eigenvalue weighted by molar-refractivity contribution is 0.277. The molecule has 58 valence electrons. The molecule has 0 bridgehead atoms. The van der Waals surface area contributed by atoms with Gasteiger partial charge in [0.2, 0.25) is 0 Å². The molecule has 0 amide bonds. The molecule has 0 aromatic rings. The average molecular weight is 261 g/mol. The van der Waals surface area contributed by atoms with Crippen molar-refractivity contribution >= 4 is 34.0 Å². The molecule has 1 fully saturated rings. The van der Waals surface area contributed by atoms with Gasteiger partial charge >= 0.3 is 0 Å². The van der Waals surface area contributed by atoms with Crippen molar-refractivity contribution in [2.24, 2.45) is 0 Å². The van der Waals surface area contributed by atoms with Gasteiger partial charge in [-0.1, -0.05) is 6.42 Å². The van der Waals surface area contributed by atoms with Crippen LogP contribution in [0.2, 0.25) is 0 Å². The highest BCUT2D eigenvalue weighted by molar-refractivity contribution is 8.93. The van der Waals surface area contributed by atoms with E-state index in [0.29, 0.717) is 0 Å². The summed E-state index contributed by atoms with van der Waals surface area (Å²) in [5.74, 6) is 0. The third kappa shape index (κ3) is 5.37. The molecule has 0 saturated carbocycles. The molecule has 1 saturated heterocycles. The van der Waals surface area contributed by atoms with Gasteiger partial charge in [0.1, 0.15) is 0 Å². The fourth-order valence-corrected chi connectivity index (χ4v) is 1.05. The molecular weight excluding hydrogens is 246 g/mol. The molecule has 1 aliphatic rings. The lowest BCUT2D eigenvalue weighted by Gasteiger charge is -2.20. The predicted octanol–water partition coefficient (Wildman–Crippen LogP) is 2.26. The zero-order valence-corrected chi connectivity index (χ0v) is 9.23. The highest BCUT2D eigenvalue weighted by atomic mass is 79.9. The second-order valence-corrected chi connectivity index (χ2v) is 2.36. The van der Waals surface area contributed by atoms with Crippen LogP contribution in [0.4, 0.5) is 0 Å². The molecule has 3 heteroatoms. The topological polar surface area (TPSA) is 3.24 Å². The van der Waals surface area contributed by atoms with Crippen LogP contribution < -0.4 is 0 Å². The number of likely N-dealkylation sites (tertiary alicyclic amines) is 1. The molecule has 0 aromatic carbocycles. The Morgan fingerprint density at radius 2 is 1.33 bits per heavy atom. The maximum Gasteiger partial charge on any atom is -0.00218 e. The fourth-order valence-electron chi connectivity index (χ4n) is 1.05. The van der Waals surface area contributed by atoms with Crippen LogP contribution in [0.1, 0.15) is 19.3 Å². The maximum absolute atomic E-state index is 2.39. The summed E-state index contributed by atoms with van der Waals surface area (Å²) in [6.07, 6.45) is 4.28. The van der Waals surface area contributed by atoms with Crippen molar-refractivity contribution in [1.82, 2.24) is 4.90 Å². The number of nitrogens with zero attached hydrogens (tertiary/aromatic N) is 1. The van der Waals surface area contributed by atoms with Crippen LogP contribution >= 0.6 is 34.0 Å². The molecular formula is C6H15Br2N. The maximum atomic E-state index is 2.39. The molecule has 1 rings (SSSR count). The van der Waals surface area contributed by atoms with Crippen molar-refractivity contribution < 1.29 is 0 Å². The van der Waals surface area contributed by atoms with Gasteiger partial charge in [-0.2, -0.15) is 0 Å². The first-order valence-electron chi connectivity index (χ1n) is 3.08. The highest BCUT2D eigenvalue weighted by Crippen LogP contribution is 2.04. The minimum atomic E-state index is 0. The monoisotopic (exact) mass is 259 g/mol. The lowest BCUT2D eigenvalue weighted by atomic mass is 10.1. The van der Waals surface area contributed by atoms with Gasteiger partial charge in [-0.25, -0.2) is 0 Å². The van der Waals surface area contributed by atoms with E-state index < -0.39 is 0 Å². The van der Waals surface area contributed by atoms with E-state index in [1.165, 1.54) is 32.4 Å². The first-order chi connectivity index (χ1) is 3.39. The molecule has 9 heavy (non-hydrogen) atoms. The Balaban J connectivity index is 0. The third-order valence-corrected chi connectivity index (χ3v) is 1.58. The van der Waals surface area contributed by atoms with Crippen LogP contribution in [0.5, 0.6) is 0 Å². The Kier molecular flexibility index (Phi) is 9.83. The minimum Gasteiger partial charge on any atom is -0.306 e. The normalized spacial score (nSPS) is 19.7. The summed E-state index contributed by atoms with van der Waals surface area (Å²) in [6.45, 7) is 2.64. The van der Waals surface area contributed by atoms with Gasteiger partial charge in [0.05, 0.1) is 0 Å². The van der Waals surface area contributed by atoms with Crippen LogP contribution in [0.25, 0.3) is 0 Å². The quantitative estimate of drug-likeness (QED) is 0.646. The van der Waals surface area contributed by atoms with E-state index in [1.807, 2.05) is 0 Å². The molecule has 0 spiro atoms. The summed E-state index contributed by atoms with van der Waals surface area (Å²) >= 11 is 0. The van der Waals surface area contributed by atoms with Crippen LogP contribution in [0, 0.1) is 0 Å². The molecule has 1 heterocycles. The lowest BCUT2D eigenvalue weighted by Crippen LogP contribution is -2.24. The van der Waals surface area contributed by atoms with Crippen LogP contribution in [-0.2, 0) is 0 Å². The fraction of sp³-hybridized carbons (Fsp3) is 1.00. The molecule has 0 N–H and O–H groups in total. The Hall–Kier alpha value is 0.920. The first-order valence-corrected chi connectivity index (χ1v) is 3.08. The summed E-state index contributed by atoms with van der Waals surface area (Å²) in [5, 5.41) is 0. The Bertz CT molecular complexity index is 53.0. The molecule has 0 aliphatic carbocycles. The van der Waals surface area contributed by atoms with Crippen molar-refractivity contribution in [3.05, 3.63) is 0 Å². The van der Waals surface area contributed by atoms with Gasteiger partial charge in [0, 0.05) is 0 Å².